The van der Waals surface area contributed by atoms with E-state index in [1.54, 1.807) is 6.07 Å². The highest BCUT2D eigenvalue weighted by Crippen LogP contribution is 2.33. The number of rotatable bonds is 2. The van der Waals surface area contributed by atoms with Gasteiger partial charge in [-0.25, -0.2) is 8.78 Å². The molecular weight excluding hydrogens is 378 g/mol. The van der Waals surface area contributed by atoms with Gasteiger partial charge in [0.1, 0.15) is 28.7 Å². The Labute approximate surface area is 162 Å². The molecular formula is C22H12F2N2O3. The molecule has 0 bridgehead atoms. The molecule has 0 aliphatic heterocycles. The van der Waals surface area contributed by atoms with Crippen molar-refractivity contribution in [2.75, 3.05) is 0 Å². The highest BCUT2D eigenvalue weighted by Gasteiger charge is 2.38. The van der Waals surface area contributed by atoms with Crippen LogP contribution in [0.5, 0.6) is 0 Å². The van der Waals surface area contributed by atoms with Crippen molar-refractivity contribution in [2.24, 2.45) is 7.05 Å². The average Bonchev–Trinajstić information content (AvgIpc) is 3.33. The van der Waals surface area contributed by atoms with Crippen molar-refractivity contribution in [1.29, 1.82) is 0 Å². The van der Waals surface area contributed by atoms with Crippen LogP contribution in [-0.4, -0.2) is 21.1 Å². The maximum atomic E-state index is 14.0. The number of fused-ring (bicyclic) bond motifs is 2. The van der Waals surface area contributed by atoms with E-state index >= 15 is 0 Å². The van der Waals surface area contributed by atoms with Crippen LogP contribution in [0.25, 0.3) is 28.7 Å². The molecule has 1 aliphatic carbocycles. The zero-order valence-corrected chi connectivity index (χ0v) is 15.1. The van der Waals surface area contributed by atoms with E-state index in [9.17, 15) is 18.4 Å². The Kier molecular flexibility index (Phi) is 3.61. The van der Waals surface area contributed by atoms with Crippen LogP contribution in [0.15, 0.2) is 58.5 Å². The Hall–Kier alpha value is -3.87. The van der Waals surface area contributed by atoms with Crippen LogP contribution in [0.4, 0.5) is 8.78 Å². The molecule has 7 heteroatoms. The standard InChI is InChI=1S/C22H12F2N2O3/c1-26-16-10-12(29-22(16)25-21(26)11-5-3-2-4-6-11)9-13-19(27)17-14(23)7-8-15(24)18(17)20(13)28/h2-10H,1H3. The SMILES string of the molecule is Cn1c(-c2ccccc2)nc2oc(C=C3C(=O)c4c(F)ccc(F)c4C3=O)cc21. The van der Waals surface area contributed by atoms with Crippen molar-refractivity contribution in [3.05, 3.63) is 82.6 Å². The molecule has 0 N–H and O–H groups in total. The summed E-state index contributed by atoms with van der Waals surface area (Å²) in [6, 6.07) is 12.8. The highest BCUT2D eigenvalue weighted by atomic mass is 19.1. The van der Waals surface area contributed by atoms with E-state index in [0.29, 0.717) is 17.1 Å². The first kappa shape index (κ1) is 17.2. The summed E-state index contributed by atoms with van der Waals surface area (Å²) in [6.07, 6.45) is 1.20. The number of hydrogen-bond acceptors (Lipinski definition) is 4. The first-order valence-electron chi connectivity index (χ1n) is 8.76. The molecule has 2 aromatic carbocycles. The maximum absolute atomic E-state index is 14.0. The number of nitrogens with zero attached hydrogens (tertiary/aromatic N) is 2. The second-order valence-corrected chi connectivity index (χ2v) is 6.70. The molecule has 5 rings (SSSR count). The van der Waals surface area contributed by atoms with Crippen molar-refractivity contribution in [2.45, 2.75) is 0 Å². The molecule has 0 amide bonds. The number of aryl methyl sites for hydroxylation is 1. The van der Waals surface area contributed by atoms with Gasteiger partial charge in [0, 0.05) is 18.7 Å². The number of halogens is 2. The molecule has 0 unspecified atom stereocenters. The van der Waals surface area contributed by atoms with Crippen LogP contribution in [0.3, 0.4) is 0 Å². The van der Waals surface area contributed by atoms with Gasteiger partial charge in [-0.05, 0) is 18.2 Å². The zero-order chi connectivity index (χ0) is 20.3. The predicted molar refractivity (Wildman–Crippen MR) is 101 cm³/mol. The number of imidazole rings is 1. The van der Waals surface area contributed by atoms with Crippen molar-refractivity contribution in [3.63, 3.8) is 0 Å². The van der Waals surface area contributed by atoms with Crippen LogP contribution in [0.1, 0.15) is 26.5 Å². The average molecular weight is 390 g/mol. The molecule has 0 saturated heterocycles. The van der Waals surface area contributed by atoms with Crippen LogP contribution >= 0.6 is 0 Å². The minimum absolute atomic E-state index is 0.197. The van der Waals surface area contributed by atoms with Crippen LogP contribution < -0.4 is 0 Å². The molecule has 2 aromatic heterocycles. The lowest BCUT2D eigenvalue weighted by atomic mass is 10.1. The number of ketones is 2. The minimum Gasteiger partial charge on any atom is -0.437 e. The molecule has 2 heterocycles. The lowest BCUT2D eigenvalue weighted by molar-refractivity contribution is 0.0988. The lowest BCUT2D eigenvalue weighted by Gasteiger charge is -2.01. The first-order chi connectivity index (χ1) is 14.0. The van der Waals surface area contributed by atoms with Crippen molar-refractivity contribution in [3.8, 4) is 11.4 Å². The monoisotopic (exact) mass is 390 g/mol. The smallest absolute Gasteiger partial charge is 0.245 e. The van der Waals surface area contributed by atoms with Crippen LogP contribution in [0.2, 0.25) is 0 Å². The molecule has 0 fully saturated rings. The lowest BCUT2D eigenvalue weighted by Crippen LogP contribution is -2.00. The van der Waals surface area contributed by atoms with E-state index in [1.165, 1.54) is 6.08 Å². The second kappa shape index (κ2) is 6.07. The van der Waals surface area contributed by atoms with Gasteiger partial charge >= 0.3 is 0 Å². The third-order valence-electron chi connectivity index (χ3n) is 4.96. The number of carbonyl (C=O) groups is 2. The first-order valence-corrected chi connectivity index (χ1v) is 8.76. The van der Waals surface area contributed by atoms with Crippen molar-refractivity contribution >= 4 is 28.9 Å². The number of benzene rings is 2. The van der Waals surface area contributed by atoms with Crippen molar-refractivity contribution < 1.29 is 22.8 Å². The number of carbonyl (C=O) groups excluding carboxylic acids is 2. The Bertz CT molecular complexity index is 1320. The minimum atomic E-state index is -0.929. The van der Waals surface area contributed by atoms with Gasteiger partial charge < -0.3 is 8.98 Å². The molecule has 142 valence electrons. The summed E-state index contributed by atoms with van der Waals surface area (Å²) in [5, 5.41) is 0. The molecule has 4 aromatic rings. The van der Waals surface area contributed by atoms with Crippen LogP contribution in [-0.2, 0) is 7.05 Å². The van der Waals surface area contributed by atoms with E-state index in [1.807, 2.05) is 41.9 Å². The summed E-state index contributed by atoms with van der Waals surface area (Å²) in [7, 11) is 1.82. The van der Waals surface area contributed by atoms with Crippen LogP contribution in [0, 0.1) is 11.6 Å². The Morgan fingerprint density at radius 3 is 2.17 bits per heavy atom. The fourth-order valence-electron chi connectivity index (χ4n) is 3.55. The second-order valence-electron chi connectivity index (χ2n) is 6.70. The Morgan fingerprint density at radius 2 is 1.59 bits per heavy atom. The third-order valence-corrected chi connectivity index (χ3v) is 4.96. The van der Waals surface area contributed by atoms with Gasteiger partial charge in [0.05, 0.1) is 16.7 Å². The molecule has 0 atom stereocenters. The fraction of sp³-hybridized carbons (Fsp3) is 0.0455. The Balaban J connectivity index is 1.58. The number of furan rings is 1. The van der Waals surface area contributed by atoms with Gasteiger partial charge in [-0.3, -0.25) is 9.59 Å². The summed E-state index contributed by atoms with van der Waals surface area (Å²) >= 11 is 0. The molecule has 29 heavy (non-hydrogen) atoms. The largest absolute Gasteiger partial charge is 0.437 e. The maximum Gasteiger partial charge on any atom is 0.245 e. The quantitative estimate of drug-likeness (QED) is 0.371. The topological polar surface area (TPSA) is 65.1 Å². The van der Waals surface area contributed by atoms with E-state index in [-0.39, 0.29) is 11.3 Å². The summed E-state index contributed by atoms with van der Waals surface area (Å²) in [6.45, 7) is 0. The number of allylic oxidation sites excluding steroid dienone is 1. The summed E-state index contributed by atoms with van der Waals surface area (Å²) in [5.41, 5.74) is 0.466. The van der Waals surface area contributed by atoms with Gasteiger partial charge in [-0.15, -0.1) is 0 Å². The summed E-state index contributed by atoms with van der Waals surface area (Å²) < 4.78 is 35.4. The molecule has 0 radical (unpaired) electrons. The van der Waals surface area contributed by atoms with E-state index in [0.717, 1.165) is 17.7 Å². The van der Waals surface area contributed by atoms with Crippen molar-refractivity contribution in [1.82, 2.24) is 9.55 Å². The zero-order valence-electron chi connectivity index (χ0n) is 15.1. The van der Waals surface area contributed by atoms with Gasteiger partial charge in [0.25, 0.3) is 0 Å². The van der Waals surface area contributed by atoms with Gasteiger partial charge in [-0.2, -0.15) is 4.98 Å². The predicted octanol–water partition coefficient (Wildman–Crippen LogP) is 4.57. The molecule has 5 nitrogen and oxygen atoms in total. The third kappa shape index (κ3) is 2.47. The number of hydrogen-bond donors (Lipinski definition) is 0. The van der Waals surface area contributed by atoms with E-state index < -0.39 is 34.3 Å². The highest BCUT2D eigenvalue weighted by molar-refractivity contribution is 6.41. The van der Waals surface area contributed by atoms with Gasteiger partial charge in [-0.1, -0.05) is 30.3 Å². The molecule has 1 aliphatic rings. The number of aromatic nitrogens is 2. The Morgan fingerprint density at radius 1 is 0.966 bits per heavy atom. The molecule has 0 saturated carbocycles. The van der Waals surface area contributed by atoms with E-state index in [2.05, 4.69) is 4.98 Å². The van der Waals surface area contributed by atoms with Gasteiger partial charge in [0.2, 0.25) is 17.3 Å². The number of Topliss-reactive ketones (excluding diaryl/α,β-unsaturated/α-hetero) is 2. The van der Waals surface area contributed by atoms with Gasteiger partial charge in [0.15, 0.2) is 0 Å². The molecule has 0 spiro atoms. The summed E-state index contributed by atoms with van der Waals surface area (Å²) in [5.74, 6) is -2.68. The summed E-state index contributed by atoms with van der Waals surface area (Å²) in [4.78, 5) is 29.4. The fourth-order valence-corrected chi connectivity index (χ4v) is 3.55. The van der Waals surface area contributed by atoms with E-state index in [4.69, 9.17) is 4.42 Å². The normalized spacial score (nSPS) is 13.4.